The van der Waals surface area contributed by atoms with Gasteiger partial charge in [0.2, 0.25) is 0 Å². The average molecular weight is 555 g/mol. The smallest absolute Gasteiger partial charge is 0.255 e. The second-order valence-electron chi connectivity index (χ2n) is 11.4. The molecule has 12 heteroatoms. The maximum Gasteiger partial charge on any atom is 0.255 e. The Morgan fingerprint density at radius 2 is 1.98 bits per heavy atom. The Morgan fingerprint density at radius 3 is 2.65 bits per heavy atom. The van der Waals surface area contributed by atoms with Crippen LogP contribution in [0.4, 0.5) is 5.69 Å². The number of methoxy groups -OCH3 is 1. The van der Waals surface area contributed by atoms with Gasteiger partial charge in [-0.15, -0.1) is 0 Å². The highest BCUT2D eigenvalue weighted by Crippen LogP contribution is 2.58. The molecule has 12 nitrogen and oxygen atoms in total. The van der Waals surface area contributed by atoms with Crippen LogP contribution in [0, 0.1) is 23.7 Å². The zero-order valence-corrected chi connectivity index (χ0v) is 22.4. The number of allylic oxidation sites excluding steroid dienone is 1. The van der Waals surface area contributed by atoms with Crippen LogP contribution in [0.25, 0.3) is 5.76 Å². The molecule has 1 saturated heterocycles. The molecule has 3 aliphatic carbocycles. The first-order chi connectivity index (χ1) is 19.1. The maximum atomic E-state index is 14.0. The molecular formula is C28H34N4O8. The van der Waals surface area contributed by atoms with Gasteiger partial charge in [0, 0.05) is 35.8 Å². The molecule has 1 amide bonds. The average Bonchev–Trinajstić information content (AvgIpc) is 3.29. The van der Waals surface area contributed by atoms with E-state index in [1.807, 2.05) is 7.05 Å². The molecule has 2 aliphatic heterocycles. The number of phenolic OH excluding ortho intramolecular Hbond substituents is 1. The minimum atomic E-state index is -1.36. The Bertz CT molecular complexity index is 1400. The van der Waals surface area contributed by atoms with Crippen molar-refractivity contribution in [3.8, 4) is 11.5 Å². The number of hydrogen-bond acceptors (Lipinski definition) is 11. The first-order valence-electron chi connectivity index (χ1n) is 13.6. The summed E-state index contributed by atoms with van der Waals surface area (Å²) in [4.78, 5) is 41.7. The number of aliphatic hydroxyl groups excluding tert-OH is 3. The number of aliphatic hydroxyl groups is 3. The van der Waals surface area contributed by atoms with Gasteiger partial charge < -0.3 is 41.5 Å². The van der Waals surface area contributed by atoms with Gasteiger partial charge in [-0.05, 0) is 50.6 Å². The minimum absolute atomic E-state index is 0.0113. The summed E-state index contributed by atoms with van der Waals surface area (Å²) in [5.74, 6) is -5.63. The third-order valence-electron chi connectivity index (χ3n) is 9.49. The number of hydrogen-bond donors (Lipinski definition) is 7. The molecule has 214 valence electrons. The van der Waals surface area contributed by atoms with E-state index in [-0.39, 0.29) is 48.9 Å². The zero-order chi connectivity index (χ0) is 28.6. The summed E-state index contributed by atoms with van der Waals surface area (Å²) in [6, 6.07) is -0.952. The predicted molar refractivity (Wildman–Crippen MR) is 143 cm³/mol. The summed E-state index contributed by atoms with van der Waals surface area (Å²) in [5, 5.41) is 49.6. The van der Waals surface area contributed by atoms with Crippen molar-refractivity contribution in [1.29, 1.82) is 0 Å². The van der Waals surface area contributed by atoms with E-state index in [4.69, 9.17) is 10.5 Å². The molecule has 2 heterocycles. The van der Waals surface area contributed by atoms with E-state index in [1.165, 1.54) is 0 Å². The van der Waals surface area contributed by atoms with Gasteiger partial charge in [0.25, 0.3) is 5.91 Å². The zero-order valence-electron chi connectivity index (χ0n) is 22.4. The maximum absolute atomic E-state index is 14.0. The molecule has 3 unspecified atom stereocenters. The van der Waals surface area contributed by atoms with E-state index in [1.54, 1.807) is 7.11 Å². The SMILES string of the molecule is COc1c2c(c(O)c3c1C1C(CCN1C)CN3)C(O)=C1C(=O)C3C(=O)C(C(N)=O)=C(O)[C@@H](NCCO)[C@@H]3C[C@@H]1C2. The van der Waals surface area contributed by atoms with E-state index in [0.29, 0.717) is 29.5 Å². The highest BCUT2D eigenvalue weighted by molar-refractivity contribution is 6.28. The number of amides is 1. The van der Waals surface area contributed by atoms with Crippen molar-refractivity contribution < 1.29 is 39.5 Å². The first-order valence-corrected chi connectivity index (χ1v) is 13.6. The predicted octanol–water partition coefficient (Wildman–Crippen LogP) is 0.296. The van der Waals surface area contributed by atoms with E-state index in [0.717, 1.165) is 18.5 Å². The third-order valence-corrected chi connectivity index (χ3v) is 9.49. The van der Waals surface area contributed by atoms with Crippen LogP contribution >= 0.6 is 0 Å². The van der Waals surface area contributed by atoms with Crippen LogP contribution in [-0.4, -0.2) is 89.2 Å². The van der Waals surface area contributed by atoms with Crippen molar-refractivity contribution in [2.24, 2.45) is 29.4 Å². The van der Waals surface area contributed by atoms with Gasteiger partial charge in [-0.25, -0.2) is 0 Å². The van der Waals surface area contributed by atoms with Crippen molar-refractivity contribution >= 4 is 28.9 Å². The van der Waals surface area contributed by atoms with Crippen LogP contribution in [0.2, 0.25) is 0 Å². The lowest BCUT2D eigenvalue weighted by atomic mass is 9.59. The fraction of sp³-hybridized carbons (Fsp3) is 0.536. The topological polar surface area (TPSA) is 195 Å². The molecular weight excluding hydrogens is 520 g/mol. The number of carbonyl (C=O) groups is 3. The van der Waals surface area contributed by atoms with Crippen molar-refractivity contribution in [3.63, 3.8) is 0 Å². The van der Waals surface area contributed by atoms with E-state index >= 15 is 0 Å². The van der Waals surface area contributed by atoms with E-state index in [2.05, 4.69) is 15.5 Å². The van der Waals surface area contributed by atoms with Crippen LogP contribution in [0.3, 0.4) is 0 Å². The van der Waals surface area contributed by atoms with Gasteiger partial charge in [0.15, 0.2) is 17.3 Å². The van der Waals surface area contributed by atoms with Crippen molar-refractivity contribution in [2.75, 3.05) is 45.7 Å². The Labute approximate surface area is 230 Å². The number of nitrogens with zero attached hydrogens (tertiary/aromatic N) is 1. The van der Waals surface area contributed by atoms with Crippen molar-refractivity contribution in [1.82, 2.24) is 10.2 Å². The summed E-state index contributed by atoms with van der Waals surface area (Å²) in [5.41, 5.74) is 6.74. The number of ether oxygens (including phenoxy) is 1. The first kappa shape index (κ1) is 26.6. The number of fused-ring (bicyclic) bond motifs is 6. The second-order valence-corrected chi connectivity index (χ2v) is 11.4. The Balaban J connectivity index is 1.51. The summed E-state index contributed by atoms with van der Waals surface area (Å²) in [7, 11) is 3.58. The number of likely N-dealkylation sites (tertiary alicyclic amines) is 1. The molecule has 1 aromatic rings. The number of carbonyl (C=O) groups excluding carboxylic acids is 3. The number of Topliss-reactive ketones (excluding diaryl/α,β-unsaturated/α-hetero) is 2. The number of ketones is 2. The number of benzene rings is 1. The van der Waals surface area contributed by atoms with E-state index in [9.17, 15) is 34.8 Å². The van der Waals surface area contributed by atoms with Crippen LogP contribution < -0.4 is 21.1 Å². The molecule has 0 radical (unpaired) electrons. The van der Waals surface area contributed by atoms with Crippen molar-refractivity contribution in [3.05, 3.63) is 33.6 Å². The normalized spacial score (nSPS) is 31.2. The molecule has 2 fully saturated rings. The Morgan fingerprint density at radius 1 is 1.23 bits per heavy atom. The number of nitrogens with one attached hydrogen (secondary N) is 2. The molecule has 1 saturated carbocycles. The number of aromatic hydroxyl groups is 1. The van der Waals surface area contributed by atoms with Crippen molar-refractivity contribution in [2.45, 2.75) is 31.3 Å². The van der Waals surface area contributed by atoms with Crippen LogP contribution in [-0.2, 0) is 20.8 Å². The van der Waals surface area contributed by atoms with E-state index < -0.39 is 58.4 Å². The van der Waals surface area contributed by atoms with Gasteiger partial charge in [-0.1, -0.05) is 0 Å². The summed E-state index contributed by atoms with van der Waals surface area (Å²) >= 11 is 0. The summed E-state index contributed by atoms with van der Waals surface area (Å²) in [6.45, 7) is 1.31. The molecule has 6 rings (SSSR count). The van der Waals surface area contributed by atoms with Gasteiger partial charge in [-0.2, -0.15) is 0 Å². The number of rotatable bonds is 5. The molecule has 8 N–H and O–H groups in total. The fourth-order valence-corrected chi connectivity index (χ4v) is 7.88. The molecule has 1 aromatic carbocycles. The monoisotopic (exact) mass is 554 g/mol. The standard InChI is InChI=1S/C28H34N4O8/c1-32-5-3-10-9-31-20-17(21(10)32)27(40-2)13-8-11-7-12-15(22(34)14(11)23(35)16(13)25(20)37)24(36)18(28(29)39)26(38)19(12)30-4-6-33/h10-12,15,19,21,30-31,33,35,37-38H,3-9H2,1-2H3,(H2,29,39)/t10?,11-,12-,15?,19+,21?/m1/s1. The highest BCUT2D eigenvalue weighted by Gasteiger charge is 2.56. The number of primary amides is 1. The molecule has 0 spiro atoms. The number of anilines is 1. The lowest BCUT2D eigenvalue weighted by Crippen LogP contribution is -2.56. The molecule has 5 aliphatic rings. The van der Waals surface area contributed by atoms with Gasteiger partial charge in [0.05, 0.1) is 36.9 Å². The largest absolute Gasteiger partial charge is 0.510 e. The third kappa shape index (κ3) is 3.52. The lowest BCUT2D eigenvalue weighted by Gasteiger charge is -2.45. The van der Waals surface area contributed by atoms with Gasteiger partial charge in [0.1, 0.15) is 22.8 Å². The quantitative estimate of drug-likeness (QED) is 0.150. The molecule has 40 heavy (non-hydrogen) atoms. The summed E-state index contributed by atoms with van der Waals surface area (Å²) in [6.07, 6.45) is 1.46. The minimum Gasteiger partial charge on any atom is -0.510 e. The Hall–Kier alpha value is -3.61. The van der Waals surface area contributed by atoms with Crippen LogP contribution in [0.5, 0.6) is 11.5 Å². The van der Waals surface area contributed by atoms with Crippen LogP contribution in [0.15, 0.2) is 16.9 Å². The molecule has 6 atom stereocenters. The van der Waals surface area contributed by atoms with Crippen LogP contribution in [0.1, 0.15) is 35.6 Å². The van der Waals surface area contributed by atoms with Gasteiger partial charge in [-0.3, -0.25) is 19.3 Å². The Kier molecular flexibility index (Phi) is 6.32. The fourth-order valence-electron chi connectivity index (χ4n) is 7.88. The lowest BCUT2D eigenvalue weighted by molar-refractivity contribution is -0.135. The second kappa shape index (κ2) is 9.50. The number of phenols is 1. The number of nitrogens with two attached hydrogens (primary N) is 1. The van der Waals surface area contributed by atoms with Gasteiger partial charge >= 0.3 is 0 Å². The molecule has 0 bridgehead atoms. The molecule has 0 aromatic heterocycles. The summed E-state index contributed by atoms with van der Waals surface area (Å²) < 4.78 is 5.94. The highest BCUT2D eigenvalue weighted by atomic mass is 16.5.